The second-order valence-corrected chi connectivity index (χ2v) is 7.75. The van der Waals surface area contributed by atoms with E-state index in [1.54, 1.807) is 0 Å². The molecule has 0 aromatic rings. The van der Waals surface area contributed by atoms with Gasteiger partial charge in [0.25, 0.3) is 0 Å². The van der Waals surface area contributed by atoms with Gasteiger partial charge in [-0.1, -0.05) is 6.42 Å². The Labute approximate surface area is 121 Å². The number of hydrogen-bond acceptors (Lipinski definition) is 4. The number of amides is 1. The van der Waals surface area contributed by atoms with E-state index in [0.717, 1.165) is 45.2 Å². The van der Waals surface area contributed by atoms with E-state index in [1.807, 2.05) is 4.90 Å². The van der Waals surface area contributed by atoms with E-state index >= 15 is 0 Å². The zero-order valence-electron chi connectivity index (χ0n) is 12.1. The molecule has 20 heavy (non-hydrogen) atoms. The van der Waals surface area contributed by atoms with Crippen LogP contribution in [0.15, 0.2) is 0 Å². The molecule has 2 saturated heterocycles. The molecule has 6 nitrogen and oxygen atoms in total. The maximum absolute atomic E-state index is 12.4. The number of carbonyl (C=O) groups excluding carboxylic acids is 1. The van der Waals surface area contributed by atoms with Gasteiger partial charge in [0.1, 0.15) is 0 Å². The maximum Gasteiger partial charge on any atom is 0.239 e. The Bertz CT molecular complexity index is 432. The van der Waals surface area contributed by atoms with E-state index in [-0.39, 0.29) is 17.9 Å². The number of hydrogen-bond donors (Lipinski definition) is 2. The van der Waals surface area contributed by atoms with Gasteiger partial charge in [0, 0.05) is 19.6 Å². The van der Waals surface area contributed by atoms with Crippen LogP contribution in [0.2, 0.25) is 0 Å². The Morgan fingerprint density at radius 2 is 2.10 bits per heavy atom. The summed E-state index contributed by atoms with van der Waals surface area (Å²) in [6.45, 7) is 2.82. The molecule has 0 aliphatic carbocycles. The smallest absolute Gasteiger partial charge is 0.239 e. The van der Waals surface area contributed by atoms with Crippen LogP contribution in [0.1, 0.15) is 32.1 Å². The second kappa shape index (κ2) is 6.87. The third-order valence-corrected chi connectivity index (χ3v) is 4.76. The first-order valence-electron chi connectivity index (χ1n) is 7.42. The van der Waals surface area contributed by atoms with Gasteiger partial charge in [-0.25, -0.2) is 13.1 Å². The summed E-state index contributed by atoms with van der Waals surface area (Å²) in [5.41, 5.74) is 0. The first-order valence-corrected chi connectivity index (χ1v) is 9.31. The van der Waals surface area contributed by atoms with E-state index < -0.39 is 10.0 Å². The van der Waals surface area contributed by atoms with E-state index in [1.165, 1.54) is 6.26 Å². The molecule has 2 N–H and O–H groups in total. The molecule has 2 aliphatic heterocycles. The average Bonchev–Trinajstić information content (AvgIpc) is 2.45. The molecule has 1 amide bonds. The SMILES string of the molecule is CS(=O)(=O)NCC1CCCN(C(=O)[C@H]2CCCCN2)C1. The minimum atomic E-state index is -3.15. The van der Waals surface area contributed by atoms with Crippen molar-refractivity contribution >= 4 is 15.9 Å². The second-order valence-electron chi connectivity index (χ2n) is 5.92. The molecule has 0 bridgehead atoms. The summed E-state index contributed by atoms with van der Waals surface area (Å²) in [5.74, 6) is 0.416. The minimum absolute atomic E-state index is 0.0367. The summed E-state index contributed by atoms with van der Waals surface area (Å²) in [7, 11) is -3.15. The molecule has 7 heteroatoms. The fourth-order valence-electron chi connectivity index (χ4n) is 2.98. The summed E-state index contributed by atoms with van der Waals surface area (Å²) in [6, 6.07) is -0.0367. The van der Waals surface area contributed by atoms with E-state index in [9.17, 15) is 13.2 Å². The zero-order valence-corrected chi connectivity index (χ0v) is 12.9. The summed E-state index contributed by atoms with van der Waals surface area (Å²) in [6.07, 6.45) is 6.27. The molecule has 2 atom stereocenters. The van der Waals surface area contributed by atoms with Crippen LogP contribution in [-0.2, 0) is 14.8 Å². The molecular weight excluding hydrogens is 278 g/mol. The molecule has 0 spiro atoms. The van der Waals surface area contributed by atoms with Gasteiger partial charge >= 0.3 is 0 Å². The number of piperidine rings is 2. The minimum Gasteiger partial charge on any atom is -0.341 e. The topological polar surface area (TPSA) is 78.5 Å². The van der Waals surface area contributed by atoms with Gasteiger partial charge in [-0.2, -0.15) is 0 Å². The van der Waals surface area contributed by atoms with E-state index in [0.29, 0.717) is 13.1 Å². The van der Waals surface area contributed by atoms with Crippen molar-refractivity contribution in [2.75, 3.05) is 32.4 Å². The molecule has 116 valence electrons. The molecule has 0 saturated carbocycles. The third kappa shape index (κ3) is 4.71. The molecule has 0 aromatic heterocycles. The van der Waals surface area contributed by atoms with Crippen molar-refractivity contribution in [2.24, 2.45) is 5.92 Å². The van der Waals surface area contributed by atoms with Crippen molar-refractivity contribution in [3.8, 4) is 0 Å². The highest BCUT2D eigenvalue weighted by Crippen LogP contribution is 2.18. The van der Waals surface area contributed by atoms with Crippen molar-refractivity contribution in [1.82, 2.24) is 14.9 Å². The van der Waals surface area contributed by atoms with Gasteiger partial charge in [-0.3, -0.25) is 4.79 Å². The highest BCUT2D eigenvalue weighted by molar-refractivity contribution is 7.88. The molecule has 0 radical (unpaired) electrons. The lowest BCUT2D eigenvalue weighted by Crippen LogP contribution is -2.52. The van der Waals surface area contributed by atoms with E-state index in [4.69, 9.17) is 0 Å². The largest absolute Gasteiger partial charge is 0.341 e. The number of sulfonamides is 1. The monoisotopic (exact) mass is 303 g/mol. The highest BCUT2D eigenvalue weighted by atomic mass is 32.2. The lowest BCUT2D eigenvalue weighted by atomic mass is 9.96. The van der Waals surface area contributed by atoms with Crippen LogP contribution in [0.3, 0.4) is 0 Å². The molecular formula is C13H25N3O3S. The van der Waals surface area contributed by atoms with Crippen LogP contribution >= 0.6 is 0 Å². The number of nitrogens with one attached hydrogen (secondary N) is 2. The molecule has 1 unspecified atom stereocenters. The Hall–Kier alpha value is -0.660. The molecule has 2 fully saturated rings. The molecule has 2 rings (SSSR count). The number of nitrogens with zero attached hydrogens (tertiary/aromatic N) is 1. The predicted molar refractivity (Wildman–Crippen MR) is 77.8 cm³/mol. The Morgan fingerprint density at radius 1 is 1.30 bits per heavy atom. The molecule has 2 heterocycles. The van der Waals surface area contributed by atoms with Crippen LogP contribution in [0.5, 0.6) is 0 Å². The lowest BCUT2D eigenvalue weighted by molar-refractivity contribution is -0.135. The van der Waals surface area contributed by atoms with Crippen LogP contribution in [0.4, 0.5) is 0 Å². The third-order valence-electron chi connectivity index (χ3n) is 4.07. The maximum atomic E-state index is 12.4. The van der Waals surface area contributed by atoms with Gasteiger partial charge in [0.2, 0.25) is 15.9 Å². The summed E-state index contributed by atoms with van der Waals surface area (Å²) >= 11 is 0. The van der Waals surface area contributed by atoms with Crippen LogP contribution < -0.4 is 10.0 Å². The standard InChI is InChI=1S/C13H25N3O3S/c1-20(18,19)15-9-11-5-4-8-16(10-11)13(17)12-6-2-3-7-14-12/h11-12,14-15H,2-10H2,1H3/t11?,12-/m1/s1. The van der Waals surface area contributed by atoms with E-state index in [2.05, 4.69) is 10.0 Å². The van der Waals surface area contributed by atoms with Gasteiger partial charge in [-0.15, -0.1) is 0 Å². The van der Waals surface area contributed by atoms with Gasteiger partial charge in [-0.05, 0) is 38.1 Å². The van der Waals surface area contributed by atoms with Crippen LogP contribution in [0.25, 0.3) is 0 Å². The lowest BCUT2D eigenvalue weighted by Gasteiger charge is -2.36. The Kier molecular flexibility index (Phi) is 5.40. The first-order chi connectivity index (χ1) is 9.46. The van der Waals surface area contributed by atoms with Gasteiger partial charge < -0.3 is 10.2 Å². The van der Waals surface area contributed by atoms with Crippen molar-refractivity contribution in [1.29, 1.82) is 0 Å². The summed E-state index contributed by atoms with van der Waals surface area (Å²) < 4.78 is 24.8. The Balaban J connectivity index is 1.84. The van der Waals surface area contributed by atoms with Crippen molar-refractivity contribution in [2.45, 2.75) is 38.1 Å². The number of likely N-dealkylation sites (tertiary alicyclic amines) is 1. The predicted octanol–water partition coefficient (Wildman–Crippen LogP) is -0.0837. The van der Waals surface area contributed by atoms with Crippen molar-refractivity contribution < 1.29 is 13.2 Å². The summed E-state index contributed by atoms with van der Waals surface area (Å²) in [5, 5.41) is 3.28. The normalized spacial score (nSPS) is 28.4. The fraction of sp³-hybridized carbons (Fsp3) is 0.923. The fourth-order valence-corrected chi connectivity index (χ4v) is 3.52. The first kappa shape index (κ1) is 15.7. The van der Waals surface area contributed by atoms with Crippen molar-refractivity contribution in [3.63, 3.8) is 0 Å². The molecule has 2 aliphatic rings. The van der Waals surface area contributed by atoms with Gasteiger partial charge in [0.15, 0.2) is 0 Å². The highest BCUT2D eigenvalue weighted by Gasteiger charge is 2.29. The zero-order chi connectivity index (χ0) is 14.6. The van der Waals surface area contributed by atoms with Crippen molar-refractivity contribution in [3.05, 3.63) is 0 Å². The Morgan fingerprint density at radius 3 is 2.75 bits per heavy atom. The van der Waals surface area contributed by atoms with Gasteiger partial charge in [0.05, 0.1) is 12.3 Å². The van der Waals surface area contributed by atoms with Crippen LogP contribution in [0, 0.1) is 5.92 Å². The molecule has 0 aromatic carbocycles. The summed E-state index contributed by atoms with van der Waals surface area (Å²) in [4.78, 5) is 14.3. The number of carbonyl (C=O) groups is 1. The number of rotatable bonds is 4. The van der Waals surface area contributed by atoms with Crippen LogP contribution in [-0.4, -0.2) is 57.7 Å². The quantitative estimate of drug-likeness (QED) is 0.761. The average molecular weight is 303 g/mol.